The van der Waals surface area contributed by atoms with E-state index in [4.69, 9.17) is 18.5 Å². The average molecular weight is 572 g/mol. The highest BCUT2D eigenvalue weighted by Gasteiger charge is 2.85. The van der Waals surface area contributed by atoms with Gasteiger partial charge in [-0.05, 0) is 46.8 Å². The lowest BCUT2D eigenvalue weighted by Gasteiger charge is -2.28. The molecule has 39 heavy (non-hydrogen) atoms. The molecule has 2 aliphatic rings. The van der Waals surface area contributed by atoms with Crippen molar-refractivity contribution in [2.24, 2.45) is 11.3 Å². The van der Waals surface area contributed by atoms with Gasteiger partial charge in [0.25, 0.3) is 5.56 Å². The van der Waals surface area contributed by atoms with Gasteiger partial charge in [0.2, 0.25) is 0 Å². The molecule has 0 amide bonds. The molecule has 2 aromatic rings. The summed E-state index contributed by atoms with van der Waals surface area (Å²) in [7, 11) is -4.18. The number of halogens is 1. The van der Waals surface area contributed by atoms with Crippen LogP contribution in [0.15, 0.2) is 46.1 Å². The highest BCUT2D eigenvalue weighted by atomic mass is 31.2. The van der Waals surface area contributed by atoms with Crippen LogP contribution in [0.2, 0.25) is 0 Å². The quantitative estimate of drug-likeness (QED) is 0.219. The Morgan fingerprint density at radius 3 is 2.51 bits per heavy atom. The van der Waals surface area contributed by atoms with Crippen molar-refractivity contribution < 1.29 is 37.7 Å². The zero-order valence-electron chi connectivity index (χ0n) is 22.4. The first-order valence-corrected chi connectivity index (χ1v) is 14.2. The second-order valence-corrected chi connectivity index (χ2v) is 12.1. The number of benzene rings is 1. The number of nitrogens with zero attached hydrogens (tertiary/aromatic N) is 1. The van der Waals surface area contributed by atoms with Crippen LogP contribution < -0.4 is 20.9 Å². The van der Waals surface area contributed by atoms with Crippen molar-refractivity contribution in [3.63, 3.8) is 0 Å². The predicted octanol–water partition coefficient (Wildman–Crippen LogP) is 2.00. The number of aromatic amines is 1. The second-order valence-electron chi connectivity index (χ2n) is 10.4. The molecule has 0 spiro atoms. The Bertz CT molecular complexity index is 1340. The number of aryl methyl sites for hydroxylation is 1. The number of para-hydroxylation sites is 1. The van der Waals surface area contributed by atoms with Gasteiger partial charge < -0.3 is 24.2 Å². The maximum atomic E-state index is 15.9. The van der Waals surface area contributed by atoms with Crippen LogP contribution >= 0.6 is 7.75 Å². The molecule has 5 unspecified atom stereocenters. The van der Waals surface area contributed by atoms with Gasteiger partial charge in [0.05, 0.1) is 36.4 Å². The number of H-pyrrole nitrogens is 1. The van der Waals surface area contributed by atoms with Crippen molar-refractivity contribution in [3.8, 4) is 5.75 Å². The van der Waals surface area contributed by atoms with Gasteiger partial charge in [-0.25, -0.2) is 18.8 Å². The number of ether oxygens (including phenoxy) is 2. The number of fused-ring (bicyclic) bond motifs is 1. The van der Waals surface area contributed by atoms with Crippen LogP contribution in [0.4, 0.5) is 4.39 Å². The van der Waals surface area contributed by atoms with Crippen LogP contribution in [0.1, 0.15) is 39.5 Å². The first-order chi connectivity index (χ1) is 18.3. The normalized spacial score (nSPS) is 30.9. The van der Waals surface area contributed by atoms with Gasteiger partial charge in [0.15, 0.2) is 18.7 Å². The Kier molecular flexibility index (Phi) is 8.26. The maximum Gasteiger partial charge on any atom is 0.459 e. The van der Waals surface area contributed by atoms with E-state index in [2.05, 4.69) is 10.1 Å². The van der Waals surface area contributed by atoms with Crippen molar-refractivity contribution in [2.75, 3.05) is 13.2 Å². The Hall–Kier alpha value is -2.38. The SMILES string of the molecule is Cc1cn([C@@H]2OC3(C)[C@H](COP(=O)(N[C@@H](C)C(O)OC(C)C)Oc4ccccc4)C3(CO)C2F)c(=O)[nH]c1=O. The Morgan fingerprint density at radius 1 is 1.26 bits per heavy atom. The van der Waals surface area contributed by atoms with Crippen LogP contribution in [-0.4, -0.2) is 63.2 Å². The molecule has 1 aromatic heterocycles. The first-order valence-electron chi connectivity index (χ1n) is 12.6. The highest BCUT2D eigenvalue weighted by Crippen LogP contribution is 2.74. The second kappa shape index (κ2) is 10.9. The molecule has 1 saturated heterocycles. The number of hydrogen-bond acceptors (Lipinski definition) is 9. The van der Waals surface area contributed by atoms with Crippen molar-refractivity contribution >= 4 is 7.75 Å². The summed E-state index contributed by atoms with van der Waals surface area (Å²) in [4.78, 5) is 26.2. The lowest BCUT2D eigenvalue weighted by atomic mass is 9.96. The molecule has 12 nitrogen and oxygen atoms in total. The average Bonchev–Trinajstić information content (AvgIpc) is 3.30. The number of aromatic nitrogens is 2. The van der Waals surface area contributed by atoms with Crippen LogP contribution in [0, 0.1) is 18.3 Å². The minimum atomic E-state index is -4.18. The van der Waals surface area contributed by atoms with E-state index in [1.807, 2.05) is 0 Å². The molecular formula is C25H35FN3O9P. The lowest BCUT2D eigenvalue weighted by Crippen LogP contribution is -2.40. The lowest BCUT2D eigenvalue weighted by molar-refractivity contribution is -0.138. The maximum absolute atomic E-state index is 15.9. The molecule has 2 heterocycles. The summed E-state index contributed by atoms with van der Waals surface area (Å²) in [5.41, 5.74) is -3.99. The molecule has 8 atom stereocenters. The minimum Gasteiger partial charge on any atom is -0.413 e. The van der Waals surface area contributed by atoms with Gasteiger partial charge >= 0.3 is 13.4 Å². The largest absolute Gasteiger partial charge is 0.459 e. The molecule has 0 radical (unpaired) electrons. The first kappa shape index (κ1) is 29.6. The van der Waals surface area contributed by atoms with Crippen molar-refractivity contribution in [1.29, 1.82) is 0 Å². The van der Waals surface area contributed by atoms with Crippen molar-refractivity contribution in [2.45, 2.75) is 71.1 Å². The fourth-order valence-corrected chi connectivity index (χ4v) is 6.79. The Balaban J connectivity index is 1.54. The van der Waals surface area contributed by atoms with Gasteiger partial charge in [0, 0.05) is 17.7 Å². The monoisotopic (exact) mass is 571 g/mol. The smallest absolute Gasteiger partial charge is 0.413 e. The molecule has 1 aromatic carbocycles. The number of nitrogens with one attached hydrogen (secondary N) is 2. The standard InChI is InChI=1S/C25H35FN3O9P/c1-14(2)36-22(32)16(4)28-39(34,38-17-9-7-6-8-10-17)35-12-18-24(5)25(18,13-30)19(26)21(37-24)29-11-15(3)20(31)27-23(29)33/h6-11,14,16,18-19,21-22,30,32H,12-13H2,1-5H3,(H,28,34)(H,27,31,33)/t16-,18-,19?,21+,22?,24?,25?,39?/m0/s1. The zero-order valence-corrected chi connectivity index (χ0v) is 23.3. The van der Waals surface area contributed by atoms with E-state index in [1.54, 1.807) is 51.1 Å². The summed E-state index contributed by atoms with van der Waals surface area (Å²) in [6.45, 7) is 7.07. The Morgan fingerprint density at radius 2 is 1.92 bits per heavy atom. The van der Waals surface area contributed by atoms with Gasteiger partial charge in [-0.15, -0.1) is 0 Å². The molecule has 216 valence electrons. The van der Waals surface area contributed by atoms with E-state index in [0.29, 0.717) is 0 Å². The van der Waals surface area contributed by atoms with E-state index >= 15 is 4.39 Å². The van der Waals surface area contributed by atoms with Gasteiger partial charge in [-0.2, -0.15) is 0 Å². The van der Waals surface area contributed by atoms with E-state index in [-0.39, 0.29) is 24.0 Å². The summed E-state index contributed by atoms with van der Waals surface area (Å²) >= 11 is 0. The third-order valence-corrected chi connectivity index (χ3v) is 9.16. The summed E-state index contributed by atoms with van der Waals surface area (Å²) in [6.07, 6.45) is -3.68. The molecule has 14 heteroatoms. The molecular weight excluding hydrogens is 536 g/mol. The summed E-state index contributed by atoms with van der Waals surface area (Å²) in [5, 5.41) is 23.3. The van der Waals surface area contributed by atoms with E-state index in [9.17, 15) is 24.4 Å². The number of alkyl halides is 1. The number of hydrogen-bond donors (Lipinski definition) is 4. The molecule has 0 bridgehead atoms. The van der Waals surface area contributed by atoms with Crippen LogP contribution in [0.25, 0.3) is 0 Å². The van der Waals surface area contributed by atoms with Crippen LogP contribution in [-0.2, 0) is 18.6 Å². The zero-order chi connectivity index (χ0) is 28.8. The van der Waals surface area contributed by atoms with Crippen molar-refractivity contribution in [3.05, 3.63) is 62.9 Å². The van der Waals surface area contributed by atoms with Crippen molar-refractivity contribution in [1.82, 2.24) is 14.6 Å². The third-order valence-electron chi connectivity index (χ3n) is 7.50. The number of rotatable bonds is 12. The summed E-state index contributed by atoms with van der Waals surface area (Å²) in [5.74, 6) is -0.533. The van der Waals surface area contributed by atoms with E-state index < -0.39 is 67.3 Å². The molecule has 1 aliphatic carbocycles. The third kappa shape index (κ3) is 5.37. The van der Waals surface area contributed by atoms with Crippen LogP contribution in [0.3, 0.4) is 0 Å². The molecule has 1 saturated carbocycles. The number of aliphatic hydroxyl groups is 2. The minimum absolute atomic E-state index is 0.192. The Labute approximate surface area is 224 Å². The fraction of sp³-hybridized carbons (Fsp3) is 0.600. The van der Waals surface area contributed by atoms with E-state index in [1.165, 1.54) is 20.0 Å². The van der Waals surface area contributed by atoms with Gasteiger partial charge in [-0.3, -0.25) is 18.9 Å². The fourth-order valence-electron chi connectivity index (χ4n) is 5.24. The summed E-state index contributed by atoms with van der Waals surface area (Å²) < 4.78 is 53.4. The molecule has 2 fully saturated rings. The number of aliphatic hydroxyl groups excluding tert-OH is 2. The molecule has 4 N–H and O–H groups in total. The topological polar surface area (TPSA) is 161 Å². The molecule has 1 aliphatic heterocycles. The van der Waals surface area contributed by atoms with E-state index in [0.717, 1.165) is 4.57 Å². The summed E-state index contributed by atoms with van der Waals surface area (Å²) in [6, 6.07) is 7.36. The predicted molar refractivity (Wildman–Crippen MR) is 138 cm³/mol. The molecule has 4 rings (SSSR count). The highest BCUT2D eigenvalue weighted by molar-refractivity contribution is 7.52. The van der Waals surface area contributed by atoms with Crippen LogP contribution in [0.5, 0.6) is 5.75 Å². The van der Waals surface area contributed by atoms with Gasteiger partial charge in [0.1, 0.15) is 5.75 Å². The van der Waals surface area contributed by atoms with Gasteiger partial charge in [-0.1, -0.05) is 18.2 Å².